The average molecular weight is 273 g/mol. The van der Waals surface area contributed by atoms with Crippen molar-refractivity contribution < 1.29 is 13.9 Å². The molecule has 20 heavy (non-hydrogen) atoms. The van der Waals surface area contributed by atoms with Crippen molar-refractivity contribution >= 4 is 16.9 Å². The molecule has 0 spiro atoms. The Hall–Kier alpha value is -1.81. The van der Waals surface area contributed by atoms with Gasteiger partial charge in [-0.25, -0.2) is 0 Å². The van der Waals surface area contributed by atoms with Gasteiger partial charge in [0.1, 0.15) is 11.3 Å². The Bertz CT molecular complexity index is 551. The number of rotatable bonds is 5. The normalized spacial score (nSPS) is 18.5. The van der Waals surface area contributed by atoms with Crippen molar-refractivity contribution in [3.8, 4) is 0 Å². The summed E-state index contributed by atoms with van der Waals surface area (Å²) in [5, 5.41) is 4.01. The summed E-state index contributed by atoms with van der Waals surface area (Å²) in [7, 11) is 0. The van der Waals surface area contributed by atoms with Crippen LogP contribution in [0.25, 0.3) is 11.0 Å². The van der Waals surface area contributed by atoms with E-state index in [-0.39, 0.29) is 12.0 Å². The third-order valence-corrected chi connectivity index (χ3v) is 3.63. The third kappa shape index (κ3) is 3.20. The molecule has 0 saturated carbocycles. The van der Waals surface area contributed by atoms with Gasteiger partial charge < -0.3 is 14.5 Å². The lowest BCUT2D eigenvalue weighted by molar-refractivity contribution is -0.121. The van der Waals surface area contributed by atoms with E-state index in [0.29, 0.717) is 19.4 Å². The predicted molar refractivity (Wildman–Crippen MR) is 76.5 cm³/mol. The van der Waals surface area contributed by atoms with Crippen LogP contribution in [0.15, 0.2) is 34.7 Å². The summed E-state index contributed by atoms with van der Waals surface area (Å²) >= 11 is 0. The van der Waals surface area contributed by atoms with Crippen molar-refractivity contribution in [3.05, 3.63) is 36.1 Å². The lowest BCUT2D eigenvalue weighted by Crippen LogP contribution is -2.31. The highest BCUT2D eigenvalue weighted by atomic mass is 16.5. The molecule has 1 aromatic carbocycles. The van der Waals surface area contributed by atoms with E-state index in [4.69, 9.17) is 9.15 Å². The van der Waals surface area contributed by atoms with Crippen molar-refractivity contribution in [1.29, 1.82) is 0 Å². The van der Waals surface area contributed by atoms with Gasteiger partial charge in [0, 0.05) is 31.4 Å². The van der Waals surface area contributed by atoms with Crippen LogP contribution < -0.4 is 5.32 Å². The first-order valence-corrected chi connectivity index (χ1v) is 7.17. The first-order chi connectivity index (χ1) is 9.81. The molecule has 2 heterocycles. The first kappa shape index (κ1) is 13.2. The molecule has 0 radical (unpaired) electrons. The van der Waals surface area contributed by atoms with Crippen molar-refractivity contribution in [2.45, 2.75) is 31.8 Å². The van der Waals surface area contributed by atoms with Crippen molar-refractivity contribution in [2.24, 2.45) is 0 Å². The fourth-order valence-electron chi connectivity index (χ4n) is 2.52. The van der Waals surface area contributed by atoms with Crippen LogP contribution in [0.5, 0.6) is 0 Å². The number of nitrogens with one attached hydrogen (secondary N) is 1. The first-order valence-electron chi connectivity index (χ1n) is 7.17. The largest absolute Gasteiger partial charge is 0.461 e. The highest BCUT2D eigenvalue weighted by Crippen LogP contribution is 2.19. The number of para-hydroxylation sites is 1. The zero-order chi connectivity index (χ0) is 13.8. The van der Waals surface area contributed by atoms with E-state index in [0.717, 1.165) is 36.2 Å². The molecule has 0 unspecified atom stereocenters. The Labute approximate surface area is 118 Å². The number of amides is 1. The van der Waals surface area contributed by atoms with Crippen molar-refractivity contribution in [2.75, 3.05) is 13.2 Å². The zero-order valence-electron chi connectivity index (χ0n) is 11.4. The molecule has 0 aliphatic carbocycles. The molecule has 1 atom stereocenters. The number of carbonyl (C=O) groups is 1. The molecule has 2 aromatic rings. The molecule has 1 fully saturated rings. The Balaban J connectivity index is 1.47. The molecule has 1 saturated heterocycles. The highest BCUT2D eigenvalue weighted by Gasteiger charge is 2.16. The molecule has 3 rings (SSSR count). The average Bonchev–Trinajstić information content (AvgIpc) is 3.11. The summed E-state index contributed by atoms with van der Waals surface area (Å²) in [5.74, 6) is 0.916. The molecule has 0 bridgehead atoms. The second-order valence-electron chi connectivity index (χ2n) is 5.19. The van der Waals surface area contributed by atoms with Crippen molar-refractivity contribution in [3.63, 3.8) is 0 Å². The van der Waals surface area contributed by atoms with E-state index in [1.54, 1.807) is 0 Å². The fourth-order valence-corrected chi connectivity index (χ4v) is 2.52. The van der Waals surface area contributed by atoms with Gasteiger partial charge in [-0.1, -0.05) is 18.2 Å². The van der Waals surface area contributed by atoms with Crippen LogP contribution in [0.4, 0.5) is 0 Å². The summed E-state index contributed by atoms with van der Waals surface area (Å²) in [5.41, 5.74) is 0.877. The standard InChI is InChI=1S/C16H19NO3/c18-16(17-11-14-5-3-9-19-14)8-7-13-10-12-4-1-2-6-15(12)20-13/h1-2,4,6,10,14H,3,5,7-9,11H2,(H,17,18)/t14-/m1/s1. The van der Waals surface area contributed by atoms with E-state index in [2.05, 4.69) is 5.32 Å². The lowest BCUT2D eigenvalue weighted by atomic mass is 10.2. The second kappa shape index (κ2) is 6.09. The minimum Gasteiger partial charge on any atom is -0.461 e. The Morgan fingerprint density at radius 3 is 3.05 bits per heavy atom. The molecule has 1 amide bonds. The van der Waals surface area contributed by atoms with E-state index >= 15 is 0 Å². The molecular weight excluding hydrogens is 254 g/mol. The Morgan fingerprint density at radius 1 is 1.35 bits per heavy atom. The van der Waals surface area contributed by atoms with Gasteiger partial charge in [-0.15, -0.1) is 0 Å². The van der Waals surface area contributed by atoms with E-state index in [9.17, 15) is 4.79 Å². The van der Waals surface area contributed by atoms with Crippen molar-refractivity contribution in [1.82, 2.24) is 5.32 Å². The number of benzene rings is 1. The number of hydrogen-bond donors (Lipinski definition) is 1. The number of aryl methyl sites for hydroxylation is 1. The van der Waals surface area contributed by atoms with Crippen LogP contribution in [-0.2, 0) is 16.0 Å². The lowest BCUT2D eigenvalue weighted by Gasteiger charge is -2.10. The minimum atomic E-state index is 0.0564. The maximum absolute atomic E-state index is 11.8. The molecule has 4 nitrogen and oxygen atoms in total. The molecular formula is C16H19NO3. The van der Waals surface area contributed by atoms with Gasteiger partial charge in [0.2, 0.25) is 5.91 Å². The molecule has 1 aliphatic rings. The van der Waals surface area contributed by atoms with Crippen LogP contribution in [0.3, 0.4) is 0 Å². The highest BCUT2D eigenvalue weighted by molar-refractivity contribution is 5.78. The van der Waals surface area contributed by atoms with Gasteiger partial charge in [0.25, 0.3) is 0 Å². The summed E-state index contributed by atoms with van der Waals surface area (Å²) < 4.78 is 11.2. The summed E-state index contributed by atoms with van der Waals surface area (Å²) in [4.78, 5) is 11.8. The van der Waals surface area contributed by atoms with E-state index < -0.39 is 0 Å². The van der Waals surface area contributed by atoms with Gasteiger partial charge in [-0.3, -0.25) is 4.79 Å². The maximum atomic E-state index is 11.8. The predicted octanol–water partition coefficient (Wildman–Crippen LogP) is 2.66. The van der Waals surface area contributed by atoms with E-state index in [1.165, 1.54) is 0 Å². The molecule has 1 N–H and O–H groups in total. The SMILES string of the molecule is O=C(CCc1cc2ccccc2o1)NC[C@H]1CCCO1. The third-order valence-electron chi connectivity index (χ3n) is 3.63. The topological polar surface area (TPSA) is 51.5 Å². The van der Waals surface area contributed by atoms with Gasteiger partial charge in [-0.2, -0.15) is 0 Å². The van der Waals surface area contributed by atoms with E-state index in [1.807, 2.05) is 30.3 Å². The summed E-state index contributed by atoms with van der Waals surface area (Å²) in [6, 6.07) is 9.89. The number of hydrogen-bond acceptors (Lipinski definition) is 3. The van der Waals surface area contributed by atoms with Crippen LogP contribution in [0.1, 0.15) is 25.0 Å². The monoisotopic (exact) mass is 273 g/mol. The number of fused-ring (bicyclic) bond motifs is 1. The smallest absolute Gasteiger partial charge is 0.220 e. The summed E-state index contributed by atoms with van der Waals surface area (Å²) in [6.45, 7) is 1.44. The number of carbonyl (C=O) groups excluding carboxylic acids is 1. The minimum absolute atomic E-state index is 0.0564. The number of ether oxygens (including phenoxy) is 1. The van der Waals surface area contributed by atoms with Crippen LogP contribution in [-0.4, -0.2) is 25.2 Å². The van der Waals surface area contributed by atoms with Crippen LogP contribution in [0.2, 0.25) is 0 Å². The fraction of sp³-hybridized carbons (Fsp3) is 0.438. The molecule has 106 valence electrons. The van der Waals surface area contributed by atoms with Gasteiger partial charge in [0.05, 0.1) is 6.10 Å². The van der Waals surface area contributed by atoms with Crippen LogP contribution in [0, 0.1) is 0 Å². The summed E-state index contributed by atoms with van der Waals surface area (Å²) in [6.07, 6.45) is 3.42. The van der Waals surface area contributed by atoms with Crippen LogP contribution >= 0.6 is 0 Å². The quantitative estimate of drug-likeness (QED) is 0.911. The molecule has 4 heteroatoms. The number of furan rings is 1. The second-order valence-corrected chi connectivity index (χ2v) is 5.19. The maximum Gasteiger partial charge on any atom is 0.220 e. The van der Waals surface area contributed by atoms with Gasteiger partial charge in [0.15, 0.2) is 0 Å². The Morgan fingerprint density at radius 2 is 2.25 bits per heavy atom. The zero-order valence-corrected chi connectivity index (χ0v) is 11.4. The van der Waals surface area contributed by atoms with Gasteiger partial charge >= 0.3 is 0 Å². The molecule has 1 aromatic heterocycles. The molecule has 1 aliphatic heterocycles. The van der Waals surface area contributed by atoms with Gasteiger partial charge in [-0.05, 0) is 25.0 Å². The Kier molecular flexibility index (Phi) is 4.02.